The maximum Gasteiger partial charge on any atom is 0.209 e. The summed E-state index contributed by atoms with van der Waals surface area (Å²) in [5.41, 5.74) is 0.765. The molecule has 0 bridgehead atoms. The minimum atomic E-state index is -0.354. The van der Waals surface area contributed by atoms with Crippen LogP contribution in [0.4, 0.5) is 0 Å². The van der Waals surface area contributed by atoms with Crippen LogP contribution in [0.5, 0.6) is 0 Å². The van der Waals surface area contributed by atoms with Crippen molar-refractivity contribution in [3.63, 3.8) is 0 Å². The van der Waals surface area contributed by atoms with Gasteiger partial charge in [0.05, 0.1) is 22.8 Å². The Morgan fingerprint density at radius 1 is 1.82 bits per heavy atom. The number of aromatic nitrogens is 2. The van der Waals surface area contributed by atoms with Gasteiger partial charge in [0.25, 0.3) is 0 Å². The van der Waals surface area contributed by atoms with E-state index in [1.807, 2.05) is 0 Å². The van der Waals surface area contributed by atoms with Gasteiger partial charge in [0.15, 0.2) is 0 Å². The van der Waals surface area contributed by atoms with Crippen LogP contribution in [0, 0.1) is 10.1 Å². The van der Waals surface area contributed by atoms with Crippen LogP contribution < -0.4 is 0 Å². The van der Waals surface area contributed by atoms with Crippen molar-refractivity contribution in [3.05, 3.63) is 26.5 Å². The van der Waals surface area contributed by atoms with E-state index in [4.69, 9.17) is 0 Å². The van der Waals surface area contributed by atoms with Crippen LogP contribution in [0.1, 0.15) is 5.69 Å². The van der Waals surface area contributed by atoms with Crippen molar-refractivity contribution in [3.8, 4) is 0 Å². The molecule has 0 aliphatic carbocycles. The lowest BCUT2D eigenvalue weighted by atomic mass is 10.3. The molecular formula is C5H6BrN3O2. The number of aromatic amines is 1. The van der Waals surface area contributed by atoms with Crippen LogP contribution in [-0.4, -0.2) is 21.7 Å². The topological polar surface area (TPSA) is 71.8 Å². The Labute approximate surface area is 71.1 Å². The normalized spacial score (nSPS) is 9.91. The second-order valence-corrected chi connectivity index (χ2v) is 2.86. The Hall–Kier alpha value is -0.910. The van der Waals surface area contributed by atoms with Gasteiger partial charge in [-0.05, 0) is 15.9 Å². The largest absolute Gasteiger partial charge is 0.281 e. The first kappa shape index (κ1) is 8.19. The molecule has 0 atom stereocenters. The van der Waals surface area contributed by atoms with Crippen LogP contribution in [0.2, 0.25) is 0 Å². The molecule has 0 aromatic carbocycles. The van der Waals surface area contributed by atoms with Crippen LogP contribution in [0.15, 0.2) is 10.7 Å². The summed E-state index contributed by atoms with van der Waals surface area (Å²) in [7, 11) is 0. The Balaban J connectivity index is 2.51. The summed E-state index contributed by atoms with van der Waals surface area (Å²) in [6, 6.07) is 0. The fourth-order valence-electron chi connectivity index (χ4n) is 0.677. The van der Waals surface area contributed by atoms with Crippen molar-refractivity contribution >= 4 is 15.9 Å². The summed E-state index contributed by atoms with van der Waals surface area (Å²) >= 11 is 3.20. The predicted octanol–water partition coefficient (Wildman–Crippen LogP) is 0.991. The summed E-state index contributed by atoms with van der Waals surface area (Å²) in [5.74, 6) is 0. The SMILES string of the molecule is O=[N+]([O-])CCc1[nH]ncc1Br. The lowest BCUT2D eigenvalue weighted by Crippen LogP contribution is -2.04. The molecule has 11 heavy (non-hydrogen) atoms. The predicted molar refractivity (Wildman–Crippen MR) is 41.9 cm³/mol. The van der Waals surface area contributed by atoms with Gasteiger partial charge in [0, 0.05) is 4.92 Å². The number of halogens is 1. The highest BCUT2D eigenvalue weighted by atomic mass is 79.9. The van der Waals surface area contributed by atoms with E-state index in [0.29, 0.717) is 6.42 Å². The van der Waals surface area contributed by atoms with E-state index in [-0.39, 0.29) is 11.5 Å². The van der Waals surface area contributed by atoms with E-state index in [0.717, 1.165) is 10.2 Å². The van der Waals surface area contributed by atoms with Gasteiger partial charge in [-0.3, -0.25) is 15.2 Å². The molecule has 0 aliphatic heterocycles. The van der Waals surface area contributed by atoms with Crippen LogP contribution in [0.3, 0.4) is 0 Å². The quantitative estimate of drug-likeness (QED) is 0.609. The number of hydrogen-bond acceptors (Lipinski definition) is 3. The molecule has 1 N–H and O–H groups in total. The van der Waals surface area contributed by atoms with E-state index in [9.17, 15) is 10.1 Å². The van der Waals surface area contributed by atoms with Crippen molar-refractivity contribution in [1.82, 2.24) is 10.2 Å². The zero-order valence-electron chi connectivity index (χ0n) is 5.58. The molecule has 0 spiro atoms. The zero-order valence-corrected chi connectivity index (χ0v) is 7.17. The smallest absolute Gasteiger partial charge is 0.209 e. The number of nitrogens with zero attached hydrogens (tertiary/aromatic N) is 2. The Morgan fingerprint density at radius 3 is 3.00 bits per heavy atom. The molecule has 1 aromatic rings. The molecule has 6 heteroatoms. The molecule has 0 saturated carbocycles. The van der Waals surface area contributed by atoms with E-state index >= 15 is 0 Å². The van der Waals surface area contributed by atoms with Crippen molar-refractivity contribution in [2.45, 2.75) is 6.42 Å². The van der Waals surface area contributed by atoms with Crippen molar-refractivity contribution in [1.29, 1.82) is 0 Å². The van der Waals surface area contributed by atoms with Crippen molar-refractivity contribution in [2.24, 2.45) is 0 Å². The minimum Gasteiger partial charge on any atom is -0.281 e. The molecule has 0 saturated heterocycles. The van der Waals surface area contributed by atoms with Gasteiger partial charge >= 0.3 is 0 Å². The van der Waals surface area contributed by atoms with E-state index in [2.05, 4.69) is 26.1 Å². The van der Waals surface area contributed by atoms with Crippen LogP contribution in [0.25, 0.3) is 0 Å². The minimum absolute atomic E-state index is 0.0687. The van der Waals surface area contributed by atoms with Gasteiger partial charge in [-0.25, -0.2) is 0 Å². The fraction of sp³-hybridized carbons (Fsp3) is 0.400. The Morgan fingerprint density at radius 2 is 2.55 bits per heavy atom. The third-order valence-corrected chi connectivity index (χ3v) is 1.89. The average molecular weight is 220 g/mol. The van der Waals surface area contributed by atoms with Gasteiger partial charge in [-0.1, -0.05) is 0 Å². The maximum absolute atomic E-state index is 9.96. The molecule has 0 aliphatic rings. The molecule has 0 unspecified atom stereocenters. The van der Waals surface area contributed by atoms with Gasteiger partial charge in [0.1, 0.15) is 0 Å². The van der Waals surface area contributed by atoms with Gasteiger partial charge in [-0.15, -0.1) is 0 Å². The molecule has 1 rings (SSSR count). The molecule has 1 aromatic heterocycles. The first-order valence-electron chi connectivity index (χ1n) is 2.99. The lowest BCUT2D eigenvalue weighted by Gasteiger charge is -1.91. The van der Waals surface area contributed by atoms with Crippen molar-refractivity contribution < 1.29 is 4.92 Å². The molecule has 0 fully saturated rings. The van der Waals surface area contributed by atoms with E-state index in [1.165, 1.54) is 0 Å². The number of hydrogen-bond donors (Lipinski definition) is 1. The Kier molecular flexibility index (Phi) is 2.58. The maximum atomic E-state index is 9.96. The van der Waals surface area contributed by atoms with E-state index in [1.54, 1.807) is 6.20 Å². The summed E-state index contributed by atoms with van der Waals surface area (Å²) < 4.78 is 0.791. The number of nitro groups is 1. The van der Waals surface area contributed by atoms with Gasteiger partial charge < -0.3 is 0 Å². The monoisotopic (exact) mass is 219 g/mol. The number of nitrogens with one attached hydrogen (secondary N) is 1. The molecule has 0 amide bonds. The summed E-state index contributed by atoms with van der Waals surface area (Å²) in [6.45, 7) is -0.0687. The Bertz CT molecular complexity index is 260. The van der Waals surface area contributed by atoms with Crippen LogP contribution in [-0.2, 0) is 6.42 Å². The lowest BCUT2D eigenvalue weighted by molar-refractivity contribution is -0.479. The summed E-state index contributed by atoms with van der Waals surface area (Å²) in [6.07, 6.45) is 1.96. The highest BCUT2D eigenvalue weighted by Gasteiger charge is 2.04. The standard InChI is InChI=1S/C5H6BrN3O2/c6-4-3-7-8-5(4)1-2-9(10)11/h3H,1-2H2,(H,7,8). The molecule has 60 valence electrons. The van der Waals surface area contributed by atoms with Gasteiger partial charge in [-0.2, -0.15) is 5.10 Å². The van der Waals surface area contributed by atoms with Crippen LogP contribution >= 0.6 is 15.9 Å². The first-order valence-corrected chi connectivity index (χ1v) is 3.79. The average Bonchev–Trinajstić information content (AvgIpc) is 2.31. The summed E-state index contributed by atoms with van der Waals surface area (Å²) in [4.78, 5) is 9.61. The summed E-state index contributed by atoms with van der Waals surface area (Å²) in [5, 5.41) is 16.3. The molecular weight excluding hydrogens is 214 g/mol. The molecule has 1 heterocycles. The highest BCUT2D eigenvalue weighted by Crippen LogP contribution is 2.12. The third kappa shape index (κ3) is 2.30. The first-order chi connectivity index (χ1) is 5.20. The van der Waals surface area contributed by atoms with E-state index < -0.39 is 0 Å². The fourth-order valence-corrected chi connectivity index (χ4v) is 1.07. The third-order valence-electron chi connectivity index (χ3n) is 1.21. The van der Waals surface area contributed by atoms with Gasteiger partial charge in [0.2, 0.25) is 6.54 Å². The zero-order chi connectivity index (χ0) is 8.27. The van der Waals surface area contributed by atoms with Crippen molar-refractivity contribution in [2.75, 3.05) is 6.54 Å². The second-order valence-electron chi connectivity index (χ2n) is 2.00. The second kappa shape index (κ2) is 3.47. The number of rotatable bonds is 3. The molecule has 0 radical (unpaired) electrons. The number of H-pyrrole nitrogens is 1. The highest BCUT2D eigenvalue weighted by molar-refractivity contribution is 9.10. The molecule has 5 nitrogen and oxygen atoms in total.